The molecular formula is C33H24. The smallest absolute Gasteiger partial charge is 0.0619 e. The van der Waals surface area contributed by atoms with Gasteiger partial charge in [-0.3, -0.25) is 0 Å². The van der Waals surface area contributed by atoms with Crippen LogP contribution in [0.15, 0.2) is 109 Å². The lowest BCUT2D eigenvalue weighted by molar-refractivity contribution is 0.794. The maximum absolute atomic E-state index is 2.36. The van der Waals surface area contributed by atoms with Crippen LogP contribution < -0.4 is 0 Å². The van der Waals surface area contributed by atoms with Gasteiger partial charge in [-0.2, -0.15) is 0 Å². The van der Waals surface area contributed by atoms with Crippen molar-refractivity contribution >= 4 is 0 Å². The quantitative estimate of drug-likeness (QED) is 0.250. The summed E-state index contributed by atoms with van der Waals surface area (Å²) in [4.78, 5) is 0. The molecule has 156 valence electrons. The number of hydrogen-bond acceptors (Lipinski definition) is 0. The van der Waals surface area contributed by atoms with Crippen LogP contribution in [0.4, 0.5) is 0 Å². The van der Waals surface area contributed by atoms with Gasteiger partial charge in [-0.25, -0.2) is 0 Å². The van der Waals surface area contributed by atoms with Crippen LogP contribution >= 0.6 is 0 Å². The summed E-state index contributed by atoms with van der Waals surface area (Å²) < 4.78 is 0. The summed E-state index contributed by atoms with van der Waals surface area (Å²) in [5.74, 6) is 0. The van der Waals surface area contributed by atoms with Crippen LogP contribution in [-0.2, 0) is 5.41 Å². The van der Waals surface area contributed by atoms with Crippen molar-refractivity contribution in [1.82, 2.24) is 0 Å². The van der Waals surface area contributed by atoms with Crippen LogP contribution in [0.3, 0.4) is 0 Å². The highest BCUT2D eigenvalue weighted by molar-refractivity contribution is 5.99. The topological polar surface area (TPSA) is 0 Å². The largest absolute Gasteiger partial charge is 0.0725 e. The lowest BCUT2D eigenvalue weighted by Gasteiger charge is -2.30. The SMILES string of the molecule is Cc1ccc(-c2cccc3c2-c2ccccc2C32c3ccccc3-c3ccccc32)cc1C. The summed E-state index contributed by atoms with van der Waals surface area (Å²) in [7, 11) is 0. The summed E-state index contributed by atoms with van der Waals surface area (Å²) in [6.45, 7) is 4.39. The summed E-state index contributed by atoms with van der Waals surface area (Å²) in [5, 5.41) is 0. The molecule has 0 N–H and O–H groups in total. The first-order chi connectivity index (χ1) is 16.2. The number of aryl methyl sites for hydroxylation is 2. The highest BCUT2D eigenvalue weighted by Gasteiger charge is 2.51. The monoisotopic (exact) mass is 420 g/mol. The van der Waals surface area contributed by atoms with E-state index in [0.717, 1.165) is 0 Å². The molecule has 0 saturated carbocycles. The predicted molar refractivity (Wildman–Crippen MR) is 138 cm³/mol. The molecule has 0 amide bonds. The van der Waals surface area contributed by atoms with E-state index in [4.69, 9.17) is 0 Å². The fraction of sp³-hybridized carbons (Fsp3) is 0.0909. The molecule has 1 spiro atoms. The van der Waals surface area contributed by atoms with Crippen LogP contribution in [0.1, 0.15) is 33.4 Å². The van der Waals surface area contributed by atoms with Crippen molar-refractivity contribution < 1.29 is 0 Å². The zero-order valence-corrected chi connectivity index (χ0v) is 18.9. The number of hydrogen-bond donors (Lipinski definition) is 0. The molecule has 2 aliphatic carbocycles. The van der Waals surface area contributed by atoms with Crippen molar-refractivity contribution in [3.8, 4) is 33.4 Å². The molecule has 0 saturated heterocycles. The Balaban J connectivity index is 1.65. The molecule has 0 fully saturated rings. The van der Waals surface area contributed by atoms with Gasteiger partial charge in [-0.05, 0) is 80.6 Å². The van der Waals surface area contributed by atoms with E-state index in [1.807, 2.05) is 0 Å². The standard InChI is InChI=1S/C33H24/c1-21-18-19-23(20-22(21)2)24-13-9-17-31-32(24)27-12-5-8-16-30(27)33(31)28-14-6-3-10-25(28)26-11-4-7-15-29(26)33/h3-20H,1-2H3. The Morgan fingerprint density at radius 1 is 0.424 bits per heavy atom. The molecule has 0 heteroatoms. The lowest BCUT2D eigenvalue weighted by Crippen LogP contribution is -2.25. The first-order valence-corrected chi connectivity index (χ1v) is 11.7. The zero-order valence-electron chi connectivity index (χ0n) is 18.9. The molecule has 0 nitrogen and oxygen atoms in total. The summed E-state index contributed by atoms with van der Waals surface area (Å²) in [6.07, 6.45) is 0. The third-order valence-electron chi connectivity index (χ3n) is 7.84. The zero-order chi connectivity index (χ0) is 22.2. The second-order valence-corrected chi connectivity index (χ2v) is 9.41. The average Bonchev–Trinajstić information content (AvgIpc) is 3.33. The molecular weight excluding hydrogens is 396 g/mol. The number of benzene rings is 5. The van der Waals surface area contributed by atoms with E-state index in [0.29, 0.717) is 0 Å². The van der Waals surface area contributed by atoms with Crippen molar-refractivity contribution in [2.24, 2.45) is 0 Å². The van der Waals surface area contributed by atoms with Gasteiger partial charge in [0.1, 0.15) is 0 Å². The van der Waals surface area contributed by atoms with Crippen molar-refractivity contribution in [2.75, 3.05) is 0 Å². The molecule has 0 aromatic heterocycles. The Hall–Kier alpha value is -3.90. The van der Waals surface area contributed by atoms with E-state index in [2.05, 4.69) is 123 Å². The Morgan fingerprint density at radius 2 is 0.939 bits per heavy atom. The third-order valence-corrected chi connectivity index (χ3v) is 7.84. The van der Waals surface area contributed by atoms with Crippen molar-refractivity contribution in [2.45, 2.75) is 19.3 Å². The second-order valence-electron chi connectivity index (χ2n) is 9.41. The van der Waals surface area contributed by atoms with Crippen LogP contribution in [0.5, 0.6) is 0 Å². The van der Waals surface area contributed by atoms with Gasteiger partial charge in [0, 0.05) is 0 Å². The molecule has 0 unspecified atom stereocenters. The lowest BCUT2D eigenvalue weighted by atomic mass is 9.70. The fourth-order valence-corrected chi connectivity index (χ4v) is 6.29. The van der Waals surface area contributed by atoms with Crippen LogP contribution in [0.2, 0.25) is 0 Å². The molecule has 2 aliphatic rings. The van der Waals surface area contributed by atoms with E-state index >= 15 is 0 Å². The molecule has 0 aliphatic heterocycles. The van der Waals surface area contributed by atoms with Crippen LogP contribution in [-0.4, -0.2) is 0 Å². The Bertz CT molecular complexity index is 1540. The summed E-state index contributed by atoms with van der Waals surface area (Å²) >= 11 is 0. The van der Waals surface area contributed by atoms with Crippen molar-refractivity contribution in [1.29, 1.82) is 0 Å². The van der Waals surface area contributed by atoms with Gasteiger partial charge in [0.2, 0.25) is 0 Å². The maximum Gasteiger partial charge on any atom is 0.0725 e. The predicted octanol–water partition coefficient (Wildman–Crippen LogP) is 8.31. The van der Waals surface area contributed by atoms with Gasteiger partial charge < -0.3 is 0 Å². The Kier molecular flexibility index (Phi) is 3.71. The molecule has 0 atom stereocenters. The van der Waals surface area contributed by atoms with Crippen molar-refractivity contribution in [3.63, 3.8) is 0 Å². The minimum Gasteiger partial charge on any atom is -0.0619 e. The number of rotatable bonds is 1. The molecule has 7 rings (SSSR count). The average molecular weight is 421 g/mol. The first-order valence-electron chi connectivity index (χ1n) is 11.7. The first kappa shape index (κ1) is 18.7. The minimum atomic E-state index is -0.269. The molecule has 0 bridgehead atoms. The van der Waals surface area contributed by atoms with Crippen molar-refractivity contribution in [3.05, 3.63) is 143 Å². The van der Waals surface area contributed by atoms with E-state index in [-0.39, 0.29) is 5.41 Å². The van der Waals surface area contributed by atoms with Gasteiger partial charge >= 0.3 is 0 Å². The second kappa shape index (κ2) is 6.56. The molecule has 0 radical (unpaired) electrons. The molecule has 5 aromatic rings. The fourth-order valence-electron chi connectivity index (χ4n) is 6.29. The van der Waals surface area contributed by atoms with E-state index < -0.39 is 0 Å². The molecule has 5 aromatic carbocycles. The normalized spacial score (nSPS) is 14.0. The van der Waals surface area contributed by atoms with Gasteiger partial charge in [-0.1, -0.05) is 109 Å². The minimum absolute atomic E-state index is 0.269. The van der Waals surface area contributed by atoms with Crippen LogP contribution in [0.25, 0.3) is 33.4 Å². The summed E-state index contributed by atoms with van der Waals surface area (Å²) in [6, 6.07) is 40.8. The van der Waals surface area contributed by atoms with Gasteiger partial charge in [-0.15, -0.1) is 0 Å². The summed E-state index contributed by atoms with van der Waals surface area (Å²) in [5.41, 5.74) is 16.0. The van der Waals surface area contributed by atoms with Gasteiger partial charge in [0.05, 0.1) is 5.41 Å². The maximum atomic E-state index is 2.36. The Labute approximate surface area is 195 Å². The van der Waals surface area contributed by atoms with E-state index in [1.54, 1.807) is 0 Å². The van der Waals surface area contributed by atoms with E-state index in [1.165, 1.54) is 66.8 Å². The highest BCUT2D eigenvalue weighted by Crippen LogP contribution is 2.63. The molecule has 0 heterocycles. The Morgan fingerprint density at radius 3 is 1.58 bits per heavy atom. The number of fused-ring (bicyclic) bond motifs is 10. The van der Waals surface area contributed by atoms with Gasteiger partial charge in [0.25, 0.3) is 0 Å². The van der Waals surface area contributed by atoms with Crippen LogP contribution in [0, 0.1) is 13.8 Å². The molecule has 33 heavy (non-hydrogen) atoms. The van der Waals surface area contributed by atoms with E-state index in [9.17, 15) is 0 Å². The van der Waals surface area contributed by atoms with Gasteiger partial charge in [0.15, 0.2) is 0 Å². The third kappa shape index (κ3) is 2.26. The highest BCUT2D eigenvalue weighted by atomic mass is 14.5.